The Balaban J connectivity index is 1.57. The molecule has 2 saturated heterocycles. The maximum absolute atomic E-state index is 12.3. The third kappa shape index (κ3) is 4.65. The van der Waals surface area contributed by atoms with Gasteiger partial charge in [-0.2, -0.15) is 0 Å². The van der Waals surface area contributed by atoms with Gasteiger partial charge in [0.1, 0.15) is 6.04 Å². The van der Waals surface area contributed by atoms with Crippen molar-refractivity contribution in [2.45, 2.75) is 84.1 Å². The largest absolute Gasteiger partial charge is 0.468 e. The Morgan fingerprint density at radius 1 is 1.34 bits per heavy atom. The second-order valence-corrected chi connectivity index (χ2v) is 11.3. The smallest absolute Gasteiger partial charge is 0.457 e. The fraction of sp³-hybridized carbons (Fsp3) is 0.950. The van der Waals surface area contributed by atoms with E-state index in [1.807, 2.05) is 0 Å². The summed E-state index contributed by atoms with van der Waals surface area (Å²) in [4.78, 5) is 12.3. The predicted octanol–water partition coefficient (Wildman–Crippen LogP) is 4.37. The molecule has 2 aliphatic heterocycles. The maximum Gasteiger partial charge on any atom is 0.457 e. The SMILES string of the molecule is COC(=O)[C@@H]1[C@H](CCCB2O[C@@H]3C[C@H](C)C(C)(C)[C@H](C)[C@]3(C)O2)OCCN1SI. The fourth-order valence-electron chi connectivity index (χ4n) is 5.20. The van der Waals surface area contributed by atoms with E-state index in [4.69, 9.17) is 18.8 Å². The van der Waals surface area contributed by atoms with Crippen LogP contribution < -0.4 is 0 Å². The molecule has 0 aromatic heterocycles. The lowest BCUT2D eigenvalue weighted by atomic mass is 9.57. The van der Waals surface area contributed by atoms with Gasteiger partial charge in [-0.15, -0.1) is 0 Å². The Morgan fingerprint density at radius 2 is 2.07 bits per heavy atom. The molecule has 29 heavy (non-hydrogen) atoms. The summed E-state index contributed by atoms with van der Waals surface area (Å²) in [6.45, 7) is 12.9. The van der Waals surface area contributed by atoms with Gasteiger partial charge in [0, 0.05) is 27.8 Å². The molecule has 1 aliphatic carbocycles. The van der Waals surface area contributed by atoms with E-state index in [1.54, 1.807) is 9.12 Å². The second-order valence-electron chi connectivity index (χ2n) is 9.55. The number of ether oxygens (including phenoxy) is 2. The summed E-state index contributed by atoms with van der Waals surface area (Å²) in [5.74, 6) is 0.801. The van der Waals surface area contributed by atoms with Crippen molar-refractivity contribution in [3.8, 4) is 0 Å². The molecule has 2 heterocycles. The summed E-state index contributed by atoms with van der Waals surface area (Å²) < 4.78 is 25.9. The standard InChI is InChI=1S/C20H35BINO5S/c1-13-12-16-20(5,14(2)19(13,3)4)28-21(27-16)9-7-8-15-17(18(24)25-6)23(29-22)10-11-26-15/h13-17H,7-12H2,1-6H3/t13-,14-,15-,16+,17-,20-/m0/s1. The highest BCUT2D eigenvalue weighted by atomic mass is 127. The summed E-state index contributed by atoms with van der Waals surface area (Å²) >= 11 is 2.22. The van der Waals surface area contributed by atoms with E-state index in [9.17, 15) is 4.79 Å². The minimum atomic E-state index is -0.358. The van der Waals surface area contributed by atoms with E-state index in [-0.39, 0.29) is 42.4 Å². The Labute approximate surface area is 192 Å². The van der Waals surface area contributed by atoms with E-state index in [0.717, 1.165) is 32.1 Å². The number of nitrogens with zero attached hydrogens (tertiary/aromatic N) is 1. The van der Waals surface area contributed by atoms with Crippen LogP contribution in [0.25, 0.3) is 0 Å². The number of hydrogen-bond donors (Lipinski definition) is 0. The summed E-state index contributed by atoms with van der Waals surface area (Å²) in [6, 6.07) is -0.358. The molecule has 0 spiro atoms. The summed E-state index contributed by atoms with van der Waals surface area (Å²) in [5, 5.41) is 0. The average molecular weight is 539 g/mol. The lowest BCUT2D eigenvalue weighted by Crippen LogP contribution is -2.56. The van der Waals surface area contributed by atoms with Crippen LogP contribution in [0.15, 0.2) is 0 Å². The Kier molecular flexibility index (Phi) is 7.92. The molecule has 0 amide bonds. The highest BCUT2D eigenvalue weighted by Crippen LogP contribution is 2.54. The number of carbonyl (C=O) groups excluding carboxylic acids is 1. The Hall–Kier alpha value is 0.455. The van der Waals surface area contributed by atoms with E-state index < -0.39 is 0 Å². The molecular weight excluding hydrogens is 504 g/mol. The molecule has 0 aromatic rings. The molecule has 3 aliphatic rings. The first-order valence-corrected chi connectivity index (χ1v) is 14.0. The van der Waals surface area contributed by atoms with Crippen LogP contribution in [0.3, 0.4) is 0 Å². The van der Waals surface area contributed by atoms with E-state index in [0.29, 0.717) is 18.4 Å². The zero-order chi connectivity index (χ0) is 21.4. The first-order valence-electron chi connectivity index (χ1n) is 10.7. The van der Waals surface area contributed by atoms with Gasteiger partial charge in [-0.05, 0) is 52.5 Å². The quantitative estimate of drug-likeness (QED) is 0.215. The lowest BCUT2D eigenvalue weighted by Gasteiger charge is -2.53. The third-order valence-corrected chi connectivity index (χ3v) is 10.0. The van der Waals surface area contributed by atoms with E-state index in [2.05, 4.69) is 60.1 Å². The number of carbonyl (C=O) groups is 1. The highest BCUT2D eigenvalue weighted by molar-refractivity contribution is 14.2. The summed E-state index contributed by atoms with van der Waals surface area (Å²) in [5.41, 5.74) is -0.00104. The van der Waals surface area contributed by atoms with Gasteiger partial charge >= 0.3 is 13.1 Å². The molecule has 0 N–H and O–H groups in total. The van der Waals surface area contributed by atoms with Crippen molar-refractivity contribution in [2.24, 2.45) is 17.3 Å². The van der Waals surface area contributed by atoms with Crippen molar-refractivity contribution in [2.75, 3.05) is 20.3 Å². The van der Waals surface area contributed by atoms with Crippen molar-refractivity contribution in [3.05, 3.63) is 0 Å². The topological polar surface area (TPSA) is 57.2 Å². The highest BCUT2D eigenvalue weighted by Gasteiger charge is 2.59. The minimum absolute atomic E-state index is 0.157. The molecule has 0 bridgehead atoms. The van der Waals surface area contributed by atoms with E-state index in [1.165, 1.54) is 7.11 Å². The number of halogens is 1. The molecule has 3 rings (SSSR count). The lowest BCUT2D eigenvalue weighted by molar-refractivity contribution is -0.155. The van der Waals surface area contributed by atoms with Crippen LogP contribution in [0.2, 0.25) is 6.32 Å². The maximum atomic E-state index is 12.3. The molecule has 166 valence electrons. The average Bonchev–Trinajstić information content (AvgIpc) is 3.02. The van der Waals surface area contributed by atoms with Crippen LogP contribution >= 0.6 is 30.3 Å². The van der Waals surface area contributed by atoms with Crippen LogP contribution in [0.4, 0.5) is 0 Å². The molecule has 6 atom stereocenters. The number of fused-ring (bicyclic) bond motifs is 1. The number of hydrogen-bond acceptors (Lipinski definition) is 7. The van der Waals surface area contributed by atoms with Gasteiger partial charge in [-0.3, -0.25) is 4.79 Å². The second kappa shape index (κ2) is 9.52. The molecular formula is C20H35BINO5S. The van der Waals surface area contributed by atoms with Crippen molar-refractivity contribution >= 4 is 43.4 Å². The minimum Gasteiger partial charge on any atom is -0.468 e. The number of morpholine rings is 1. The van der Waals surface area contributed by atoms with Crippen molar-refractivity contribution in [1.29, 1.82) is 0 Å². The van der Waals surface area contributed by atoms with Crippen LogP contribution in [0, 0.1) is 17.3 Å². The zero-order valence-corrected chi connectivity index (χ0v) is 21.5. The van der Waals surface area contributed by atoms with Gasteiger partial charge in [0.25, 0.3) is 0 Å². The molecule has 6 nitrogen and oxygen atoms in total. The molecule has 0 unspecified atom stereocenters. The fourth-order valence-corrected chi connectivity index (χ4v) is 6.97. The normalized spacial score (nSPS) is 40.0. The predicted molar refractivity (Wildman–Crippen MR) is 125 cm³/mol. The Bertz CT molecular complexity index is 599. The molecule has 3 fully saturated rings. The molecule has 9 heteroatoms. The molecule has 0 radical (unpaired) electrons. The zero-order valence-electron chi connectivity index (χ0n) is 18.5. The van der Waals surface area contributed by atoms with Crippen molar-refractivity contribution in [3.63, 3.8) is 0 Å². The third-order valence-electron chi connectivity index (χ3n) is 7.92. The van der Waals surface area contributed by atoms with Crippen molar-refractivity contribution < 1.29 is 23.6 Å². The number of esters is 1. The van der Waals surface area contributed by atoms with E-state index >= 15 is 0 Å². The summed E-state index contributed by atoms with van der Waals surface area (Å²) in [6.07, 6.45) is 3.54. The summed E-state index contributed by atoms with van der Waals surface area (Å²) in [7, 11) is 2.81. The molecule has 1 saturated carbocycles. The van der Waals surface area contributed by atoms with Gasteiger partial charge in [0.05, 0.1) is 31.5 Å². The van der Waals surface area contributed by atoms with Crippen LogP contribution in [0.5, 0.6) is 0 Å². The van der Waals surface area contributed by atoms with Gasteiger partial charge in [-0.1, -0.05) is 34.1 Å². The van der Waals surface area contributed by atoms with Crippen molar-refractivity contribution in [1.82, 2.24) is 4.31 Å². The van der Waals surface area contributed by atoms with Crippen LogP contribution in [0.1, 0.15) is 53.9 Å². The van der Waals surface area contributed by atoms with Gasteiger partial charge in [0.2, 0.25) is 0 Å². The van der Waals surface area contributed by atoms with Gasteiger partial charge in [0.15, 0.2) is 0 Å². The first-order chi connectivity index (χ1) is 13.6. The number of methoxy groups -OCH3 is 1. The Morgan fingerprint density at radius 3 is 2.72 bits per heavy atom. The van der Waals surface area contributed by atoms with Gasteiger partial charge in [-0.25, -0.2) is 4.31 Å². The van der Waals surface area contributed by atoms with Crippen LogP contribution in [-0.4, -0.2) is 61.5 Å². The molecule has 0 aromatic carbocycles. The monoisotopic (exact) mass is 539 g/mol. The number of rotatable bonds is 6. The van der Waals surface area contributed by atoms with Crippen LogP contribution in [-0.2, 0) is 23.6 Å². The first kappa shape index (κ1) is 24.1. The van der Waals surface area contributed by atoms with Gasteiger partial charge < -0.3 is 18.8 Å².